The van der Waals surface area contributed by atoms with E-state index in [1.54, 1.807) is 24.9 Å². The van der Waals surface area contributed by atoms with E-state index in [0.29, 0.717) is 5.75 Å². The van der Waals surface area contributed by atoms with Gasteiger partial charge in [-0.1, -0.05) is 60.9 Å². The number of rotatable bonds is 4. The van der Waals surface area contributed by atoms with Gasteiger partial charge in [0.15, 0.2) is 0 Å². The third kappa shape index (κ3) is 4.78. The van der Waals surface area contributed by atoms with E-state index in [-0.39, 0.29) is 5.56 Å². The molecule has 1 aliphatic rings. The predicted octanol–water partition coefficient (Wildman–Crippen LogP) is 2.90. The quantitative estimate of drug-likeness (QED) is 0.735. The van der Waals surface area contributed by atoms with Crippen LogP contribution in [0.2, 0.25) is 0 Å². The Balaban J connectivity index is 1.52. The Morgan fingerprint density at radius 2 is 1.81 bits per heavy atom. The maximum absolute atomic E-state index is 11.6. The van der Waals surface area contributed by atoms with Crippen molar-refractivity contribution < 1.29 is 0 Å². The first kappa shape index (κ1) is 19.6. The fraction of sp³-hybridized carbons (Fsp3) is 0.350. The first-order valence-electron chi connectivity index (χ1n) is 8.90. The maximum atomic E-state index is 11.6. The Morgan fingerprint density at radius 3 is 2.48 bits per heavy atom. The van der Waals surface area contributed by atoms with Gasteiger partial charge in [0.2, 0.25) is 0 Å². The van der Waals surface area contributed by atoms with Gasteiger partial charge in [-0.2, -0.15) is 5.10 Å². The lowest BCUT2D eigenvalue weighted by Gasteiger charge is -2.38. The van der Waals surface area contributed by atoms with Gasteiger partial charge in [-0.25, -0.2) is 4.68 Å². The van der Waals surface area contributed by atoms with Crippen LogP contribution in [0.5, 0.6) is 0 Å². The summed E-state index contributed by atoms with van der Waals surface area (Å²) in [6.45, 7) is 9.76. The van der Waals surface area contributed by atoms with Crippen LogP contribution in [0.4, 0.5) is 0 Å². The van der Waals surface area contributed by atoms with Gasteiger partial charge in [0.05, 0.1) is 5.69 Å². The van der Waals surface area contributed by atoms with Crippen molar-refractivity contribution in [3.8, 4) is 0 Å². The molecule has 1 aromatic heterocycles. The molecule has 1 saturated heterocycles. The minimum absolute atomic E-state index is 0.0846. The molecule has 1 aliphatic heterocycles. The zero-order valence-corrected chi connectivity index (χ0v) is 17.4. The van der Waals surface area contributed by atoms with Gasteiger partial charge in [0, 0.05) is 50.7 Å². The zero-order valence-electron chi connectivity index (χ0n) is 15.7. The fourth-order valence-corrected chi connectivity index (χ4v) is 4.28. The number of thioether (sulfide) groups is 1. The van der Waals surface area contributed by atoms with Gasteiger partial charge >= 0.3 is 0 Å². The maximum Gasteiger partial charge on any atom is 0.266 e. The molecule has 7 heteroatoms. The van der Waals surface area contributed by atoms with Gasteiger partial charge in [-0.05, 0) is 18.1 Å². The van der Waals surface area contributed by atoms with Crippen LogP contribution in [0.15, 0.2) is 47.8 Å². The van der Waals surface area contributed by atoms with Crippen LogP contribution in [0, 0.1) is 6.92 Å². The van der Waals surface area contributed by atoms with E-state index in [1.807, 2.05) is 25.1 Å². The summed E-state index contributed by atoms with van der Waals surface area (Å²) < 4.78 is 2.26. The molecule has 27 heavy (non-hydrogen) atoms. The van der Waals surface area contributed by atoms with Crippen LogP contribution in [-0.4, -0.2) is 50.1 Å². The second kappa shape index (κ2) is 8.71. The smallest absolute Gasteiger partial charge is 0.266 e. The normalized spacial score (nSPS) is 14.3. The van der Waals surface area contributed by atoms with Crippen LogP contribution in [0.25, 0.3) is 5.70 Å². The minimum Gasteiger partial charge on any atom is -0.368 e. The predicted molar refractivity (Wildman–Crippen MR) is 117 cm³/mol. The summed E-state index contributed by atoms with van der Waals surface area (Å²) in [5.41, 5.74) is 3.97. The standard InChI is InChI=1S/C20H24N4OS2/c1-15-13-19(25)22(3)21-18(15)14-27-20(26)24-11-9-23(10-12-24)16(2)17-7-5-4-6-8-17/h4-8,13H,2,9-12,14H2,1,3H3. The van der Waals surface area contributed by atoms with E-state index in [9.17, 15) is 4.79 Å². The highest BCUT2D eigenvalue weighted by Crippen LogP contribution is 2.22. The number of hydrogen-bond acceptors (Lipinski definition) is 5. The Bertz CT molecular complexity index is 887. The average molecular weight is 401 g/mol. The van der Waals surface area contributed by atoms with Gasteiger partial charge in [0.25, 0.3) is 5.56 Å². The van der Waals surface area contributed by atoms with Crippen molar-refractivity contribution in [2.75, 3.05) is 26.2 Å². The SMILES string of the molecule is C=C(c1ccccc1)N1CCN(C(=S)SCc2nn(C)c(=O)cc2C)CC1. The van der Waals surface area contributed by atoms with E-state index in [4.69, 9.17) is 12.2 Å². The van der Waals surface area contributed by atoms with Crippen LogP contribution >= 0.6 is 24.0 Å². The van der Waals surface area contributed by atoms with Crippen molar-refractivity contribution in [1.82, 2.24) is 19.6 Å². The van der Waals surface area contributed by atoms with E-state index in [1.165, 1.54) is 10.2 Å². The van der Waals surface area contributed by atoms with E-state index >= 15 is 0 Å². The second-order valence-electron chi connectivity index (χ2n) is 6.58. The number of thiocarbonyl (C=S) groups is 1. The zero-order chi connectivity index (χ0) is 19.4. The molecule has 1 aromatic carbocycles. The van der Waals surface area contributed by atoms with Crippen molar-refractivity contribution in [2.45, 2.75) is 12.7 Å². The number of aryl methyl sites for hydroxylation is 2. The number of benzene rings is 1. The second-order valence-corrected chi connectivity index (χ2v) is 8.19. The first-order chi connectivity index (χ1) is 13.0. The molecule has 0 N–H and O–H groups in total. The molecule has 0 aliphatic carbocycles. The third-order valence-corrected chi connectivity index (χ3v) is 6.28. The molecule has 0 unspecified atom stereocenters. The van der Waals surface area contributed by atoms with E-state index < -0.39 is 0 Å². The molecule has 0 amide bonds. The number of hydrogen-bond donors (Lipinski definition) is 0. The van der Waals surface area contributed by atoms with Crippen LogP contribution in [0.3, 0.4) is 0 Å². The summed E-state index contributed by atoms with van der Waals surface area (Å²) in [4.78, 5) is 16.2. The Labute approximate surface area is 169 Å². The summed E-state index contributed by atoms with van der Waals surface area (Å²) in [6, 6.07) is 11.9. The van der Waals surface area contributed by atoms with Crippen LogP contribution in [0.1, 0.15) is 16.8 Å². The molecule has 0 radical (unpaired) electrons. The lowest BCUT2D eigenvalue weighted by Crippen LogP contribution is -2.46. The number of aromatic nitrogens is 2. The Morgan fingerprint density at radius 1 is 1.19 bits per heavy atom. The highest BCUT2D eigenvalue weighted by molar-refractivity contribution is 8.22. The molecule has 142 valence electrons. The molecule has 5 nitrogen and oxygen atoms in total. The largest absolute Gasteiger partial charge is 0.368 e. The highest BCUT2D eigenvalue weighted by atomic mass is 32.2. The lowest BCUT2D eigenvalue weighted by molar-refractivity contribution is 0.254. The fourth-order valence-electron chi connectivity index (χ4n) is 3.01. The number of nitrogens with zero attached hydrogens (tertiary/aromatic N) is 4. The van der Waals surface area contributed by atoms with Gasteiger partial charge in [-0.3, -0.25) is 4.79 Å². The Hall–Kier alpha value is -2.12. The molecule has 0 bridgehead atoms. The molecular formula is C20H24N4OS2. The Kier molecular flexibility index (Phi) is 6.34. The molecular weight excluding hydrogens is 376 g/mol. The summed E-state index contributed by atoms with van der Waals surface area (Å²) in [6.07, 6.45) is 0. The lowest BCUT2D eigenvalue weighted by atomic mass is 10.1. The first-order valence-corrected chi connectivity index (χ1v) is 10.3. The van der Waals surface area contributed by atoms with Crippen molar-refractivity contribution in [2.24, 2.45) is 7.05 Å². The van der Waals surface area contributed by atoms with Gasteiger partial charge in [-0.15, -0.1) is 0 Å². The van der Waals surface area contributed by atoms with E-state index in [0.717, 1.165) is 47.5 Å². The average Bonchev–Trinajstić information content (AvgIpc) is 2.69. The molecule has 2 heterocycles. The van der Waals surface area contributed by atoms with Crippen LogP contribution < -0.4 is 5.56 Å². The summed E-state index contributed by atoms with van der Waals surface area (Å²) >= 11 is 7.23. The summed E-state index contributed by atoms with van der Waals surface area (Å²) in [5, 5.41) is 4.34. The molecule has 1 fully saturated rings. The highest BCUT2D eigenvalue weighted by Gasteiger charge is 2.21. The monoisotopic (exact) mass is 400 g/mol. The van der Waals surface area contributed by atoms with Crippen LogP contribution in [-0.2, 0) is 12.8 Å². The summed E-state index contributed by atoms with van der Waals surface area (Å²) in [5.74, 6) is 0.676. The third-order valence-electron chi connectivity index (χ3n) is 4.74. The number of piperazine rings is 1. The van der Waals surface area contributed by atoms with E-state index in [2.05, 4.69) is 33.6 Å². The topological polar surface area (TPSA) is 41.4 Å². The minimum atomic E-state index is -0.0846. The van der Waals surface area contributed by atoms with Crippen molar-refractivity contribution in [3.05, 3.63) is 70.2 Å². The molecule has 0 saturated carbocycles. The van der Waals surface area contributed by atoms with Crippen molar-refractivity contribution >= 4 is 34.0 Å². The van der Waals surface area contributed by atoms with Crippen molar-refractivity contribution in [1.29, 1.82) is 0 Å². The molecule has 0 spiro atoms. The van der Waals surface area contributed by atoms with Gasteiger partial charge < -0.3 is 9.80 Å². The molecule has 3 rings (SSSR count). The van der Waals surface area contributed by atoms with Gasteiger partial charge in [0.1, 0.15) is 4.32 Å². The van der Waals surface area contributed by atoms with Crippen molar-refractivity contribution in [3.63, 3.8) is 0 Å². The molecule has 2 aromatic rings. The summed E-state index contributed by atoms with van der Waals surface area (Å²) in [7, 11) is 1.67. The molecule has 0 atom stereocenters.